The number of halogens is 1. The molecule has 1 atom stereocenters. The fraction of sp³-hybridized carbons (Fsp3) is 0.333. The molecule has 0 aliphatic heterocycles. The van der Waals surface area contributed by atoms with Gasteiger partial charge in [-0.05, 0) is 61.6 Å². The molecule has 0 spiro atoms. The molecule has 0 aliphatic carbocycles. The smallest absolute Gasteiger partial charge is 0.0306 e. The molecular weight excluding hydrogens is 310 g/mol. The average Bonchev–Trinajstić information content (AvgIpc) is 2.41. The Balaban J connectivity index is 2.09. The summed E-state index contributed by atoms with van der Waals surface area (Å²) < 4.78 is 1.16. The molecule has 1 N–H and O–H groups in total. The quantitative estimate of drug-likeness (QED) is 0.809. The third-order valence-electron chi connectivity index (χ3n) is 3.92. The van der Waals surface area contributed by atoms with Crippen molar-refractivity contribution in [2.24, 2.45) is 0 Å². The maximum Gasteiger partial charge on any atom is 0.0306 e. The second-order valence-electron chi connectivity index (χ2n) is 5.49. The first-order valence-corrected chi connectivity index (χ1v) is 7.83. The molecule has 0 saturated heterocycles. The van der Waals surface area contributed by atoms with Crippen LogP contribution in [-0.2, 0) is 6.54 Å². The van der Waals surface area contributed by atoms with E-state index in [9.17, 15) is 0 Å². The Kier molecular flexibility index (Phi) is 5.00. The van der Waals surface area contributed by atoms with Gasteiger partial charge in [0.2, 0.25) is 0 Å². The van der Waals surface area contributed by atoms with Gasteiger partial charge in [-0.15, -0.1) is 0 Å². The van der Waals surface area contributed by atoms with Gasteiger partial charge in [0.25, 0.3) is 0 Å². The van der Waals surface area contributed by atoms with E-state index in [-0.39, 0.29) is 0 Å². The van der Waals surface area contributed by atoms with Crippen LogP contribution in [0.5, 0.6) is 0 Å². The van der Waals surface area contributed by atoms with Crippen molar-refractivity contribution < 1.29 is 0 Å². The molecule has 0 fully saturated rings. The zero-order valence-electron chi connectivity index (χ0n) is 12.6. The molecule has 0 aromatic heterocycles. The van der Waals surface area contributed by atoms with Crippen LogP contribution in [0.1, 0.15) is 40.8 Å². The third-order valence-corrected chi connectivity index (χ3v) is 4.64. The molecule has 2 heteroatoms. The number of benzene rings is 2. The van der Waals surface area contributed by atoms with Gasteiger partial charge in [-0.2, -0.15) is 0 Å². The highest BCUT2D eigenvalue weighted by atomic mass is 79.9. The fourth-order valence-electron chi connectivity index (χ4n) is 2.41. The van der Waals surface area contributed by atoms with E-state index < -0.39 is 0 Å². The van der Waals surface area contributed by atoms with Crippen LogP contribution >= 0.6 is 15.9 Å². The Bertz CT molecular complexity index is 604. The third kappa shape index (κ3) is 3.50. The van der Waals surface area contributed by atoms with Crippen LogP contribution < -0.4 is 5.32 Å². The first kappa shape index (κ1) is 15.3. The summed E-state index contributed by atoms with van der Waals surface area (Å²) in [4.78, 5) is 0. The highest BCUT2D eigenvalue weighted by Crippen LogP contribution is 2.23. The van der Waals surface area contributed by atoms with Gasteiger partial charge in [0.15, 0.2) is 0 Å². The summed E-state index contributed by atoms with van der Waals surface area (Å²) in [5, 5.41) is 3.61. The fourth-order valence-corrected chi connectivity index (χ4v) is 3.04. The van der Waals surface area contributed by atoms with Gasteiger partial charge in [-0.3, -0.25) is 0 Å². The van der Waals surface area contributed by atoms with E-state index in [4.69, 9.17) is 0 Å². The minimum Gasteiger partial charge on any atom is -0.306 e. The monoisotopic (exact) mass is 331 g/mol. The molecule has 20 heavy (non-hydrogen) atoms. The van der Waals surface area contributed by atoms with Crippen molar-refractivity contribution in [1.82, 2.24) is 5.32 Å². The molecule has 2 aromatic rings. The van der Waals surface area contributed by atoms with Gasteiger partial charge in [-0.1, -0.05) is 46.3 Å². The number of hydrogen-bond acceptors (Lipinski definition) is 1. The Labute approximate surface area is 130 Å². The molecule has 1 nitrogen and oxygen atoms in total. The Morgan fingerprint density at radius 2 is 1.65 bits per heavy atom. The number of aryl methyl sites for hydroxylation is 3. The molecule has 0 heterocycles. The lowest BCUT2D eigenvalue weighted by Gasteiger charge is -2.17. The zero-order valence-corrected chi connectivity index (χ0v) is 14.2. The molecule has 0 bridgehead atoms. The van der Waals surface area contributed by atoms with E-state index in [1.165, 1.54) is 27.8 Å². The van der Waals surface area contributed by atoms with Gasteiger partial charge in [-0.25, -0.2) is 0 Å². The topological polar surface area (TPSA) is 12.0 Å². The summed E-state index contributed by atoms with van der Waals surface area (Å²) in [6.45, 7) is 9.64. The first-order valence-electron chi connectivity index (χ1n) is 7.03. The molecule has 106 valence electrons. The lowest BCUT2D eigenvalue weighted by atomic mass is 10.0. The first-order chi connectivity index (χ1) is 9.49. The summed E-state index contributed by atoms with van der Waals surface area (Å²) in [6.07, 6.45) is 0. The van der Waals surface area contributed by atoms with Crippen molar-refractivity contribution in [3.63, 3.8) is 0 Å². The van der Waals surface area contributed by atoms with Crippen LogP contribution in [0.25, 0.3) is 0 Å². The van der Waals surface area contributed by atoms with E-state index in [2.05, 4.69) is 79.3 Å². The summed E-state index contributed by atoms with van der Waals surface area (Å²) in [5.41, 5.74) is 6.77. The second kappa shape index (κ2) is 6.55. The lowest BCUT2D eigenvalue weighted by Crippen LogP contribution is -2.19. The summed E-state index contributed by atoms with van der Waals surface area (Å²) >= 11 is 3.62. The summed E-state index contributed by atoms with van der Waals surface area (Å²) in [5.74, 6) is 0. The van der Waals surface area contributed by atoms with Crippen molar-refractivity contribution in [2.45, 2.75) is 40.3 Å². The normalized spacial score (nSPS) is 12.4. The molecule has 0 unspecified atom stereocenters. The van der Waals surface area contributed by atoms with E-state index in [1.807, 2.05) is 6.07 Å². The molecule has 0 aliphatic rings. The van der Waals surface area contributed by atoms with Gasteiger partial charge in [0.05, 0.1) is 0 Å². The van der Waals surface area contributed by atoms with Crippen molar-refractivity contribution in [1.29, 1.82) is 0 Å². The maximum atomic E-state index is 3.62. The summed E-state index contributed by atoms with van der Waals surface area (Å²) in [7, 11) is 0. The predicted molar refractivity (Wildman–Crippen MR) is 90.0 cm³/mol. The Hall–Kier alpha value is -1.12. The maximum absolute atomic E-state index is 3.62. The Morgan fingerprint density at radius 1 is 1.00 bits per heavy atom. The van der Waals surface area contributed by atoms with Gasteiger partial charge >= 0.3 is 0 Å². The molecule has 2 aromatic carbocycles. The highest BCUT2D eigenvalue weighted by molar-refractivity contribution is 9.10. The minimum atomic E-state index is 0.326. The van der Waals surface area contributed by atoms with Crippen molar-refractivity contribution in [3.8, 4) is 0 Å². The lowest BCUT2D eigenvalue weighted by molar-refractivity contribution is 0.571. The molecule has 2 rings (SSSR count). The Morgan fingerprint density at radius 3 is 2.35 bits per heavy atom. The van der Waals surface area contributed by atoms with Crippen LogP contribution in [0.2, 0.25) is 0 Å². The summed E-state index contributed by atoms with van der Waals surface area (Å²) in [6, 6.07) is 13.3. The van der Waals surface area contributed by atoms with Crippen LogP contribution in [0.4, 0.5) is 0 Å². The second-order valence-corrected chi connectivity index (χ2v) is 6.34. The van der Waals surface area contributed by atoms with E-state index in [0.717, 1.165) is 11.0 Å². The van der Waals surface area contributed by atoms with E-state index in [1.54, 1.807) is 0 Å². The van der Waals surface area contributed by atoms with Crippen molar-refractivity contribution in [3.05, 3.63) is 68.7 Å². The largest absolute Gasteiger partial charge is 0.306 e. The van der Waals surface area contributed by atoms with E-state index in [0.29, 0.717) is 6.04 Å². The van der Waals surface area contributed by atoms with Crippen LogP contribution in [0.15, 0.2) is 40.9 Å². The number of rotatable bonds is 4. The van der Waals surface area contributed by atoms with Crippen molar-refractivity contribution in [2.75, 3.05) is 0 Å². The number of nitrogens with one attached hydrogen (secondary N) is 1. The molecular formula is C18H22BrN. The minimum absolute atomic E-state index is 0.326. The standard InChI is InChI=1S/C18H22BrN/c1-12-9-14(3)16(10-13(12)2)11-20-15(4)17-7-5-6-8-18(17)19/h5-10,15,20H,11H2,1-4H3/t15-/m0/s1. The highest BCUT2D eigenvalue weighted by Gasteiger charge is 2.09. The SMILES string of the molecule is Cc1cc(C)c(CN[C@@H](C)c2ccccc2Br)cc1C. The van der Waals surface area contributed by atoms with Crippen LogP contribution in [-0.4, -0.2) is 0 Å². The number of hydrogen-bond donors (Lipinski definition) is 1. The predicted octanol–water partition coefficient (Wildman–Crippen LogP) is 5.23. The molecule has 0 amide bonds. The van der Waals surface area contributed by atoms with Gasteiger partial charge < -0.3 is 5.32 Å². The van der Waals surface area contributed by atoms with Crippen LogP contribution in [0, 0.1) is 20.8 Å². The molecule has 0 saturated carbocycles. The van der Waals surface area contributed by atoms with Crippen molar-refractivity contribution >= 4 is 15.9 Å². The average molecular weight is 332 g/mol. The molecule has 0 radical (unpaired) electrons. The van der Waals surface area contributed by atoms with Gasteiger partial charge in [0.1, 0.15) is 0 Å². The van der Waals surface area contributed by atoms with E-state index >= 15 is 0 Å². The zero-order chi connectivity index (χ0) is 14.7. The van der Waals surface area contributed by atoms with Gasteiger partial charge in [0, 0.05) is 17.1 Å². The van der Waals surface area contributed by atoms with Crippen LogP contribution in [0.3, 0.4) is 0 Å².